The molecule has 2 N–H and O–H groups in total. The molecule has 3 rings (SSSR count). The molecule has 2 aliphatic rings. The maximum atomic E-state index is 13.6. The summed E-state index contributed by atoms with van der Waals surface area (Å²) in [5.41, 5.74) is 6.77. The van der Waals surface area contributed by atoms with Crippen LogP contribution < -0.4 is 5.73 Å². The van der Waals surface area contributed by atoms with Crippen molar-refractivity contribution in [3.05, 3.63) is 35.4 Å². The average Bonchev–Trinajstić information content (AvgIpc) is 3.07. The quantitative estimate of drug-likeness (QED) is 0.876. The zero-order chi connectivity index (χ0) is 12.7. The third kappa shape index (κ3) is 2.16. The Bertz CT molecular complexity index is 434. The lowest BCUT2D eigenvalue weighted by molar-refractivity contribution is 0.480. The molecular weight excluding hydrogens is 232 g/mol. The molecule has 0 aromatic heterocycles. The first-order valence-electron chi connectivity index (χ1n) is 6.86. The first-order chi connectivity index (χ1) is 8.66. The summed E-state index contributed by atoms with van der Waals surface area (Å²) < 4.78 is 26.4. The Labute approximate surface area is 106 Å². The zero-order valence-corrected chi connectivity index (χ0v) is 10.4. The van der Waals surface area contributed by atoms with Crippen molar-refractivity contribution in [2.24, 2.45) is 23.5 Å². The predicted molar refractivity (Wildman–Crippen MR) is 67.0 cm³/mol. The number of benzene rings is 1. The summed E-state index contributed by atoms with van der Waals surface area (Å²) in [5, 5.41) is 0. The van der Waals surface area contributed by atoms with E-state index in [-0.39, 0.29) is 6.04 Å². The van der Waals surface area contributed by atoms with Gasteiger partial charge in [0, 0.05) is 12.1 Å². The molecule has 0 heterocycles. The maximum absolute atomic E-state index is 13.6. The fraction of sp³-hybridized carbons (Fsp3) is 0.600. The Balaban J connectivity index is 1.66. The third-order valence-corrected chi connectivity index (χ3v) is 4.69. The van der Waals surface area contributed by atoms with Gasteiger partial charge in [0.25, 0.3) is 0 Å². The highest BCUT2D eigenvalue weighted by Crippen LogP contribution is 2.56. The average molecular weight is 251 g/mol. The standard InChI is InChI=1S/C15H19F2N/c16-10-6-5-9(13(17)8-10)7-14(18)15-11-3-1-2-4-12(11)15/h5-6,8,11-12,14-15H,1-4,7,18H2. The zero-order valence-electron chi connectivity index (χ0n) is 10.4. The highest BCUT2D eigenvalue weighted by Gasteiger charge is 2.52. The van der Waals surface area contributed by atoms with Gasteiger partial charge in [-0.25, -0.2) is 8.78 Å². The summed E-state index contributed by atoms with van der Waals surface area (Å²) in [6, 6.07) is 3.81. The van der Waals surface area contributed by atoms with Crippen molar-refractivity contribution in [1.82, 2.24) is 0 Å². The third-order valence-electron chi connectivity index (χ3n) is 4.69. The molecule has 0 spiro atoms. The van der Waals surface area contributed by atoms with Crippen molar-refractivity contribution in [1.29, 1.82) is 0 Å². The summed E-state index contributed by atoms with van der Waals surface area (Å²) in [4.78, 5) is 0. The van der Waals surface area contributed by atoms with E-state index in [1.54, 1.807) is 0 Å². The monoisotopic (exact) mass is 251 g/mol. The van der Waals surface area contributed by atoms with E-state index in [0.717, 1.165) is 17.9 Å². The van der Waals surface area contributed by atoms with Crippen molar-refractivity contribution in [3.63, 3.8) is 0 Å². The number of rotatable bonds is 3. The van der Waals surface area contributed by atoms with Crippen LogP contribution in [0.15, 0.2) is 18.2 Å². The molecular formula is C15H19F2N. The van der Waals surface area contributed by atoms with Crippen LogP contribution in [0.4, 0.5) is 8.78 Å². The van der Waals surface area contributed by atoms with Crippen molar-refractivity contribution in [2.75, 3.05) is 0 Å². The Morgan fingerprint density at radius 3 is 2.44 bits per heavy atom. The van der Waals surface area contributed by atoms with Gasteiger partial charge in [0.1, 0.15) is 11.6 Å². The Morgan fingerprint density at radius 2 is 1.83 bits per heavy atom. The van der Waals surface area contributed by atoms with Crippen LogP contribution in [-0.2, 0) is 6.42 Å². The van der Waals surface area contributed by atoms with Crippen LogP contribution >= 0.6 is 0 Å². The second kappa shape index (κ2) is 4.61. The van der Waals surface area contributed by atoms with Gasteiger partial charge in [-0.05, 0) is 48.6 Å². The van der Waals surface area contributed by atoms with Gasteiger partial charge in [-0.2, -0.15) is 0 Å². The molecule has 0 amide bonds. The normalized spacial score (nSPS) is 31.8. The molecule has 1 aromatic rings. The fourth-order valence-corrected chi connectivity index (χ4v) is 3.76. The SMILES string of the molecule is NC(Cc1ccc(F)cc1F)C1C2CCCCC21. The number of halogens is 2. The van der Waals surface area contributed by atoms with Crippen LogP contribution in [0.25, 0.3) is 0 Å². The van der Waals surface area contributed by atoms with Crippen LogP contribution in [0.5, 0.6) is 0 Å². The largest absolute Gasteiger partial charge is 0.327 e. The first-order valence-corrected chi connectivity index (χ1v) is 6.86. The van der Waals surface area contributed by atoms with Crippen LogP contribution in [0, 0.1) is 29.4 Å². The number of nitrogens with two attached hydrogens (primary N) is 1. The van der Waals surface area contributed by atoms with E-state index < -0.39 is 11.6 Å². The van der Waals surface area contributed by atoms with Crippen molar-refractivity contribution in [3.8, 4) is 0 Å². The highest BCUT2D eigenvalue weighted by molar-refractivity contribution is 5.21. The minimum atomic E-state index is -0.523. The molecule has 3 atom stereocenters. The molecule has 2 saturated carbocycles. The van der Waals surface area contributed by atoms with Crippen molar-refractivity contribution < 1.29 is 8.78 Å². The lowest BCUT2D eigenvalue weighted by Crippen LogP contribution is -2.27. The second-order valence-electron chi connectivity index (χ2n) is 5.79. The summed E-state index contributed by atoms with van der Waals surface area (Å²) in [7, 11) is 0. The topological polar surface area (TPSA) is 26.0 Å². The fourth-order valence-electron chi connectivity index (χ4n) is 3.76. The van der Waals surface area contributed by atoms with Crippen LogP contribution in [-0.4, -0.2) is 6.04 Å². The van der Waals surface area contributed by atoms with Gasteiger partial charge in [-0.1, -0.05) is 18.9 Å². The van der Waals surface area contributed by atoms with Crippen LogP contribution in [0.3, 0.4) is 0 Å². The number of hydrogen-bond donors (Lipinski definition) is 1. The van der Waals surface area contributed by atoms with Crippen molar-refractivity contribution in [2.45, 2.75) is 38.1 Å². The molecule has 0 bridgehead atoms. The van der Waals surface area contributed by atoms with E-state index in [9.17, 15) is 8.78 Å². The van der Waals surface area contributed by atoms with Gasteiger partial charge in [0.2, 0.25) is 0 Å². The molecule has 0 saturated heterocycles. The maximum Gasteiger partial charge on any atom is 0.129 e. The van der Waals surface area contributed by atoms with Gasteiger partial charge >= 0.3 is 0 Å². The van der Waals surface area contributed by atoms with Gasteiger partial charge in [0.15, 0.2) is 0 Å². The Morgan fingerprint density at radius 1 is 1.17 bits per heavy atom. The van der Waals surface area contributed by atoms with Gasteiger partial charge in [-0.15, -0.1) is 0 Å². The molecule has 2 aliphatic carbocycles. The molecule has 2 fully saturated rings. The van der Waals surface area contributed by atoms with Gasteiger partial charge < -0.3 is 5.73 Å². The van der Waals surface area contributed by atoms with E-state index in [4.69, 9.17) is 5.73 Å². The molecule has 1 nitrogen and oxygen atoms in total. The van der Waals surface area contributed by atoms with Crippen LogP contribution in [0.1, 0.15) is 31.2 Å². The number of fused-ring (bicyclic) bond motifs is 1. The molecule has 0 aliphatic heterocycles. The van der Waals surface area contributed by atoms with Gasteiger partial charge in [-0.3, -0.25) is 0 Å². The second-order valence-corrected chi connectivity index (χ2v) is 5.79. The van der Waals surface area contributed by atoms with E-state index in [0.29, 0.717) is 17.9 Å². The van der Waals surface area contributed by atoms with Gasteiger partial charge in [0.05, 0.1) is 0 Å². The minimum Gasteiger partial charge on any atom is -0.327 e. The lowest BCUT2D eigenvalue weighted by Gasteiger charge is -2.12. The molecule has 3 heteroatoms. The lowest BCUT2D eigenvalue weighted by atomic mass is 10.0. The smallest absolute Gasteiger partial charge is 0.129 e. The summed E-state index contributed by atoms with van der Waals surface area (Å²) in [5.74, 6) is 1.13. The molecule has 18 heavy (non-hydrogen) atoms. The van der Waals surface area contributed by atoms with E-state index in [2.05, 4.69) is 0 Å². The molecule has 3 unspecified atom stereocenters. The van der Waals surface area contributed by atoms with Crippen LogP contribution in [0.2, 0.25) is 0 Å². The highest BCUT2D eigenvalue weighted by atomic mass is 19.1. The van der Waals surface area contributed by atoms with E-state index >= 15 is 0 Å². The summed E-state index contributed by atoms with van der Waals surface area (Å²) >= 11 is 0. The molecule has 0 radical (unpaired) electrons. The summed E-state index contributed by atoms with van der Waals surface area (Å²) in [6.45, 7) is 0. The Hall–Kier alpha value is -0.960. The Kier molecular flexibility index (Phi) is 3.10. The summed E-state index contributed by atoms with van der Waals surface area (Å²) in [6.07, 6.45) is 5.73. The van der Waals surface area contributed by atoms with E-state index in [1.165, 1.54) is 37.8 Å². The van der Waals surface area contributed by atoms with Crippen molar-refractivity contribution >= 4 is 0 Å². The minimum absolute atomic E-state index is 0.0260. The van der Waals surface area contributed by atoms with E-state index in [1.807, 2.05) is 0 Å². The molecule has 1 aromatic carbocycles. The number of hydrogen-bond acceptors (Lipinski definition) is 1. The molecule has 98 valence electrons. The first kappa shape index (κ1) is 12.1. The predicted octanol–water partition coefficient (Wildman–Crippen LogP) is 3.27.